The number of benzene rings is 1. The number of hydrazone groups is 1. The molecule has 5 nitrogen and oxygen atoms in total. The topological polar surface area (TPSA) is 67.5 Å². The maximum atomic E-state index is 10.4. The van der Waals surface area contributed by atoms with Crippen molar-refractivity contribution in [1.82, 2.24) is 0 Å². The number of anilines is 1. The van der Waals surface area contributed by atoms with E-state index in [0.717, 1.165) is 5.92 Å². The van der Waals surface area contributed by atoms with E-state index in [2.05, 4.69) is 10.5 Å². The molecule has 10 radical (unpaired) electrons. The zero-order valence-electron chi connectivity index (χ0n) is 12.1. The van der Waals surface area contributed by atoms with Gasteiger partial charge in [-0.2, -0.15) is 5.10 Å². The van der Waals surface area contributed by atoms with Gasteiger partial charge in [0.15, 0.2) is 0 Å². The van der Waals surface area contributed by atoms with Gasteiger partial charge in [-0.1, -0.05) is 0 Å². The van der Waals surface area contributed by atoms with E-state index < -0.39 is 4.92 Å². The normalized spacial score (nSPS) is 17.4. The van der Waals surface area contributed by atoms with Crippen LogP contribution in [0.3, 0.4) is 0 Å². The Morgan fingerprint density at radius 2 is 1.43 bits per heavy atom. The van der Waals surface area contributed by atoms with Gasteiger partial charge in [0.1, 0.15) is 0 Å². The van der Waals surface area contributed by atoms with Crippen LogP contribution in [0.25, 0.3) is 0 Å². The van der Waals surface area contributed by atoms with Crippen molar-refractivity contribution in [2.24, 2.45) is 5.10 Å². The van der Waals surface area contributed by atoms with E-state index in [1.54, 1.807) is 18.3 Å². The van der Waals surface area contributed by atoms with Crippen molar-refractivity contribution in [3.63, 3.8) is 0 Å². The van der Waals surface area contributed by atoms with Crippen LogP contribution >= 0.6 is 0 Å². The van der Waals surface area contributed by atoms with E-state index in [0.29, 0.717) is 5.69 Å². The van der Waals surface area contributed by atoms with Gasteiger partial charge in [-0.3, -0.25) is 15.5 Å². The summed E-state index contributed by atoms with van der Waals surface area (Å²) in [5.74, 6) is 0.999. The third kappa shape index (κ3) is 7.62. The molecule has 2 saturated carbocycles. The fourth-order valence-corrected chi connectivity index (χ4v) is 1.63. The molecule has 0 bridgehead atoms. The van der Waals surface area contributed by atoms with Gasteiger partial charge in [0.2, 0.25) is 0 Å². The molecule has 0 heterocycles. The third-order valence-corrected chi connectivity index (χ3v) is 2.73. The molecule has 116 valence electrons. The Morgan fingerprint density at radius 3 is 1.91 bits per heavy atom. The summed E-state index contributed by atoms with van der Waals surface area (Å²) in [4.78, 5) is 10.0. The molecule has 3 rings (SSSR count). The van der Waals surface area contributed by atoms with Crippen LogP contribution in [-0.4, -0.2) is 11.1 Å². The Morgan fingerprint density at radius 1 is 0.913 bits per heavy atom. The summed E-state index contributed by atoms with van der Waals surface area (Å²) in [7, 11) is 0. The zero-order chi connectivity index (χ0) is 15.6. The summed E-state index contributed by atoms with van der Waals surface area (Å²) in [6, 6.07) is 6.08. The summed E-state index contributed by atoms with van der Waals surface area (Å²) >= 11 is 0. The first-order valence-electron chi connectivity index (χ1n) is 6.67. The Kier molecular flexibility index (Phi) is 9.57. The summed E-state index contributed by atoms with van der Waals surface area (Å²) in [5, 5.41) is 14.5. The van der Waals surface area contributed by atoms with Gasteiger partial charge in [0, 0.05) is 24.3 Å². The van der Waals surface area contributed by atoms with E-state index in [-0.39, 0.29) is 22.8 Å². The average Bonchev–Trinajstić information content (AvgIpc) is 3.24. The van der Waals surface area contributed by atoms with E-state index in [1.807, 2.05) is 57.8 Å². The summed E-state index contributed by atoms with van der Waals surface area (Å²) < 4.78 is 0. The molecule has 2 aliphatic carbocycles. The SMILES string of the molecule is O=[N+]([O-])c1ccc(N/N=C/[C]2[CH][CH][CH][CH]2)cc1.[CH]1[CH][CH][CH][CH]1.[Fe+2]. The van der Waals surface area contributed by atoms with E-state index in [1.165, 1.54) is 12.1 Å². The van der Waals surface area contributed by atoms with Crippen molar-refractivity contribution in [2.75, 3.05) is 5.43 Å². The van der Waals surface area contributed by atoms with Gasteiger partial charge >= 0.3 is 17.1 Å². The number of nitro benzene ring substituents is 1. The predicted molar refractivity (Wildman–Crippen MR) is 87.2 cm³/mol. The molecule has 1 aromatic rings. The van der Waals surface area contributed by atoms with E-state index in [4.69, 9.17) is 0 Å². The van der Waals surface area contributed by atoms with Crippen LogP contribution in [0.4, 0.5) is 11.4 Å². The molecular weight excluding hydrogens is 334 g/mol. The zero-order valence-corrected chi connectivity index (χ0v) is 13.3. The minimum atomic E-state index is -0.434. The molecule has 0 atom stereocenters. The summed E-state index contributed by atoms with van der Waals surface area (Å²) in [6.45, 7) is 0. The van der Waals surface area contributed by atoms with Gasteiger partial charge in [-0.25, -0.2) is 0 Å². The van der Waals surface area contributed by atoms with Gasteiger partial charge in [-0.05, 0) is 69.9 Å². The molecule has 0 aromatic heterocycles. The first kappa shape index (κ1) is 19.7. The molecule has 0 aliphatic heterocycles. The van der Waals surface area contributed by atoms with Crippen LogP contribution in [0.2, 0.25) is 0 Å². The molecule has 1 N–H and O–H groups in total. The van der Waals surface area contributed by atoms with E-state index in [9.17, 15) is 10.1 Å². The Balaban J connectivity index is 0.000000377. The van der Waals surface area contributed by atoms with Gasteiger partial charge in [0.25, 0.3) is 5.69 Å². The average molecular weight is 349 g/mol. The standard InChI is InChI=1S/C12H10N3O2.C5H5.Fe/c16-15(17)12-7-5-11(6-8-12)14-13-9-10-3-1-2-4-10;1-2-4-5-3-1;/h1-9,14H;1-5H;/q;;+2/b13-9+;;. The first-order chi connectivity index (χ1) is 10.8. The van der Waals surface area contributed by atoms with Crippen molar-refractivity contribution in [2.45, 2.75) is 0 Å². The molecule has 2 fully saturated rings. The fraction of sp³-hybridized carbons (Fsp3) is 0. The van der Waals surface area contributed by atoms with Crippen LogP contribution in [0, 0.1) is 73.8 Å². The molecule has 0 spiro atoms. The maximum Gasteiger partial charge on any atom is 2.00 e. The number of non-ortho nitro benzene ring substituents is 1. The van der Waals surface area contributed by atoms with Crippen LogP contribution < -0.4 is 5.43 Å². The minimum Gasteiger partial charge on any atom is -0.279 e. The van der Waals surface area contributed by atoms with Crippen LogP contribution in [-0.2, 0) is 17.1 Å². The molecule has 1 aromatic carbocycles. The summed E-state index contributed by atoms with van der Waals surface area (Å²) in [6.07, 6.45) is 19.4. The van der Waals surface area contributed by atoms with Gasteiger partial charge < -0.3 is 0 Å². The molecule has 2 aliphatic rings. The van der Waals surface area contributed by atoms with Crippen molar-refractivity contribution in [3.05, 3.63) is 98.1 Å². The number of nitrogens with zero attached hydrogens (tertiary/aromatic N) is 2. The van der Waals surface area contributed by atoms with Crippen molar-refractivity contribution in [1.29, 1.82) is 0 Å². The first-order valence-corrected chi connectivity index (χ1v) is 6.67. The largest absolute Gasteiger partial charge is 2.00 e. The quantitative estimate of drug-likeness (QED) is 0.392. The maximum absolute atomic E-state index is 10.4. The number of hydrogen-bond donors (Lipinski definition) is 1. The predicted octanol–water partition coefficient (Wildman–Crippen LogP) is 3.42. The Bertz CT molecular complexity index is 474. The molecule has 0 saturated heterocycles. The second kappa shape index (κ2) is 11.2. The second-order valence-electron chi connectivity index (χ2n) is 4.35. The number of nitrogens with one attached hydrogen (secondary N) is 1. The molecule has 23 heavy (non-hydrogen) atoms. The van der Waals surface area contributed by atoms with Crippen molar-refractivity contribution in [3.8, 4) is 0 Å². The molecule has 0 unspecified atom stereocenters. The monoisotopic (exact) mass is 349 g/mol. The number of hydrogen-bond acceptors (Lipinski definition) is 4. The Hall–Kier alpha value is -1.39. The van der Waals surface area contributed by atoms with Gasteiger partial charge in [-0.15, -0.1) is 0 Å². The van der Waals surface area contributed by atoms with Crippen molar-refractivity contribution >= 4 is 17.6 Å². The van der Waals surface area contributed by atoms with Gasteiger partial charge in [0.05, 0.1) is 10.6 Å². The Labute approximate surface area is 148 Å². The fourth-order valence-electron chi connectivity index (χ4n) is 1.63. The number of nitro groups is 1. The second-order valence-corrected chi connectivity index (χ2v) is 4.35. The minimum absolute atomic E-state index is 0. The van der Waals surface area contributed by atoms with Crippen LogP contribution in [0.15, 0.2) is 29.4 Å². The van der Waals surface area contributed by atoms with E-state index >= 15 is 0 Å². The van der Waals surface area contributed by atoms with Crippen molar-refractivity contribution < 1.29 is 22.0 Å². The molecular formula is C17H15FeN3O2+2. The third-order valence-electron chi connectivity index (χ3n) is 2.73. The molecule has 0 amide bonds. The number of rotatable bonds is 4. The van der Waals surface area contributed by atoms with Crippen LogP contribution in [0.1, 0.15) is 0 Å². The van der Waals surface area contributed by atoms with Crippen LogP contribution in [0.5, 0.6) is 0 Å². The molecule has 6 heteroatoms. The summed E-state index contributed by atoms with van der Waals surface area (Å²) in [5.41, 5.74) is 3.57. The smallest absolute Gasteiger partial charge is 0.279 e.